The van der Waals surface area contributed by atoms with Crippen LogP contribution in [0.1, 0.15) is 17.3 Å². The summed E-state index contributed by atoms with van der Waals surface area (Å²) in [4.78, 5) is 27.7. The topological polar surface area (TPSA) is 85.1 Å². The van der Waals surface area contributed by atoms with E-state index in [0.29, 0.717) is 16.8 Å². The van der Waals surface area contributed by atoms with Crippen molar-refractivity contribution in [1.29, 1.82) is 0 Å². The lowest BCUT2D eigenvalue weighted by Gasteiger charge is -2.07. The molecule has 1 aromatic carbocycles. The Morgan fingerprint density at radius 1 is 1.30 bits per heavy atom. The Morgan fingerprint density at radius 2 is 2.04 bits per heavy atom. The van der Waals surface area contributed by atoms with Crippen molar-refractivity contribution in [2.75, 3.05) is 0 Å². The van der Waals surface area contributed by atoms with Gasteiger partial charge in [0, 0.05) is 22.9 Å². The minimum Gasteiger partial charge on any atom is -0.366 e. The molecule has 2 rings (SSSR count). The molecule has 3 N–H and O–H groups in total. The smallest absolute Gasteiger partial charge is 0.257 e. The molecular formula is C18H17N3O2. The number of nitrogens with two attached hydrogens (primary N) is 1. The molecule has 0 saturated heterocycles. The van der Waals surface area contributed by atoms with Crippen LogP contribution in [-0.4, -0.2) is 16.8 Å². The molecule has 0 atom stereocenters. The number of hydrogen-bond donors (Lipinski definition) is 2. The van der Waals surface area contributed by atoms with Gasteiger partial charge in [-0.05, 0) is 31.2 Å². The van der Waals surface area contributed by atoms with Crippen LogP contribution in [-0.2, 0) is 4.79 Å². The highest BCUT2D eigenvalue weighted by Crippen LogP contribution is 2.13. The Morgan fingerprint density at radius 3 is 2.74 bits per heavy atom. The molecule has 0 aliphatic carbocycles. The van der Waals surface area contributed by atoms with Gasteiger partial charge in [0.25, 0.3) is 5.91 Å². The van der Waals surface area contributed by atoms with Crippen molar-refractivity contribution < 1.29 is 9.59 Å². The van der Waals surface area contributed by atoms with Crippen LogP contribution in [0.2, 0.25) is 0 Å². The third-order valence-corrected chi connectivity index (χ3v) is 3.17. The summed E-state index contributed by atoms with van der Waals surface area (Å²) in [5.41, 5.74) is 7.19. The van der Waals surface area contributed by atoms with Crippen molar-refractivity contribution in [3.05, 3.63) is 78.2 Å². The van der Waals surface area contributed by atoms with Crippen LogP contribution in [0.25, 0.3) is 10.9 Å². The maximum atomic E-state index is 12.4. The van der Waals surface area contributed by atoms with Crippen LogP contribution in [0.5, 0.6) is 0 Å². The van der Waals surface area contributed by atoms with Crippen LogP contribution < -0.4 is 11.1 Å². The fourth-order valence-corrected chi connectivity index (χ4v) is 1.96. The van der Waals surface area contributed by atoms with E-state index in [2.05, 4.69) is 16.9 Å². The SMILES string of the molecule is C=C/C=C(\C=C(/C)C(N)=O)NC(=O)c1cnc2ccccc2c1. The van der Waals surface area contributed by atoms with Gasteiger partial charge in [-0.3, -0.25) is 14.6 Å². The number of aromatic nitrogens is 1. The first-order valence-electron chi connectivity index (χ1n) is 6.98. The highest BCUT2D eigenvalue weighted by molar-refractivity contribution is 5.98. The summed E-state index contributed by atoms with van der Waals surface area (Å²) in [6.07, 6.45) is 6.10. The first-order chi connectivity index (χ1) is 11.0. The summed E-state index contributed by atoms with van der Waals surface area (Å²) in [6, 6.07) is 9.29. The quantitative estimate of drug-likeness (QED) is 0.657. The number of fused-ring (bicyclic) bond motifs is 1. The molecule has 0 fully saturated rings. The molecule has 0 bridgehead atoms. The van der Waals surface area contributed by atoms with E-state index in [4.69, 9.17) is 5.73 Å². The molecule has 23 heavy (non-hydrogen) atoms. The summed E-state index contributed by atoms with van der Waals surface area (Å²) in [6.45, 7) is 5.16. The number of amides is 2. The number of hydrogen-bond acceptors (Lipinski definition) is 3. The predicted molar refractivity (Wildman–Crippen MR) is 90.4 cm³/mol. The second-order valence-electron chi connectivity index (χ2n) is 4.92. The molecule has 0 spiro atoms. The first-order valence-corrected chi connectivity index (χ1v) is 6.98. The normalized spacial score (nSPS) is 12.0. The Kier molecular flexibility index (Phi) is 5.04. The Labute approximate surface area is 134 Å². The van der Waals surface area contributed by atoms with E-state index in [1.807, 2.05) is 24.3 Å². The van der Waals surface area contributed by atoms with Crippen LogP contribution in [0, 0.1) is 0 Å². The zero-order chi connectivity index (χ0) is 16.8. The molecule has 1 aromatic heterocycles. The number of nitrogens with zero attached hydrogens (tertiary/aromatic N) is 1. The molecule has 0 aliphatic heterocycles. The van der Waals surface area contributed by atoms with Crippen LogP contribution >= 0.6 is 0 Å². The molecule has 0 radical (unpaired) electrons. The molecule has 5 heteroatoms. The van der Waals surface area contributed by atoms with Gasteiger partial charge in [0.2, 0.25) is 5.91 Å². The number of rotatable bonds is 5. The molecule has 0 aliphatic rings. The average molecular weight is 307 g/mol. The number of pyridine rings is 1. The van der Waals surface area contributed by atoms with Gasteiger partial charge in [0.15, 0.2) is 0 Å². The van der Waals surface area contributed by atoms with Gasteiger partial charge in [-0.1, -0.05) is 30.9 Å². The lowest BCUT2D eigenvalue weighted by atomic mass is 10.1. The van der Waals surface area contributed by atoms with Gasteiger partial charge >= 0.3 is 0 Å². The number of benzene rings is 1. The molecule has 2 aromatic rings. The first kappa shape index (κ1) is 16.2. The zero-order valence-electron chi connectivity index (χ0n) is 12.7. The Hall–Kier alpha value is -3.21. The number of carbonyl (C=O) groups is 2. The Balaban J connectivity index is 2.27. The number of primary amides is 1. The van der Waals surface area contributed by atoms with Gasteiger partial charge in [-0.2, -0.15) is 0 Å². The molecule has 1 heterocycles. The van der Waals surface area contributed by atoms with E-state index in [-0.39, 0.29) is 5.91 Å². The highest BCUT2D eigenvalue weighted by Gasteiger charge is 2.09. The second kappa shape index (κ2) is 7.17. The fourth-order valence-electron chi connectivity index (χ4n) is 1.96. The Bertz CT molecular complexity index is 835. The van der Waals surface area contributed by atoms with E-state index in [1.165, 1.54) is 18.3 Å². The van der Waals surface area contributed by atoms with E-state index >= 15 is 0 Å². The predicted octanol–water partition coefficient (Wildman–Crippen LogP) is 2.47. The van der Waals surface area contributed by atoms with Crippen LogP contribution in [0.15, 0.2) is 72.6 Å². The third-order valence-electron chi connectivity index (χ3n) is 3.17. The van der Waals surface area contributed by atoms with Gasteiger partial charge in [-0.15, -0.1) is 0 Å². The van der Waals surface area contributed by atoms with E-state index in [0.717, 1.165) is 10.9 Å². The minimum absolute atomic E-state index is 0.329. The minimum atomic E-state index is -0.554. The summed E-state index contributed by atoms with van der Waals surface area (Å²) in [5, 5.41) is 3.58. The van der Waals surface area contributed by atoms with Gasteiger partial charge in [0.1, 0.15) is 0 Å². The molecule has 2 amide bonds. The molecule has 116 valence electrons. The number of para-hydroxylation sites is 1. The molecular weight excluding hydrogens is 290 g/mol. The van der Waals surface area contributed by atoms with E-state index in [1.54, 1.807) is 19.1 Å². The van der Waals surface area contributed by atoms with Crippen molar-refractivity contribution in [3.8, 4) is 0 Å². The highest BCUT2D eigenvalue weighted by atomic mass is 16.2. The second-order valence-corrected chi connectivity index (χ2v) is 4.92. The van der Waals surface area contributed by atoms with Gasteiger partial charge in [0.05, 0.1) is 11.1 Å². The number of nitrogens with one attached hydrogen (secondary N) is 1. The monoisotopic (exact) mass is 307 g/mol. The van der Waals surface area contributed by atoms with Crippen molar-refractivity contribution >= 4 is 22.7 Å². The van der Waals surface area contributed by atoms with E-state index in [9.17, 15) is 9.59 Å². The number of carbonyl (C=O) groups excluding carboxylic acids is 2. The van der Waals surface area contributed by atoms with Crippen LogP contribution in [0.3, 0.4) is 0 Å². The lowest BCUT2D eigenvalue weighted by Crippen LogP contribution is -2.23. The summed E-state index contributed by atoms with van der Waals surface area (Å²) in [7, 11) is 0. The largest absolute Gasteiger partial charge is 0.366 e. The average Bonchev–Trinajstić information content (AvgIpc) is 2.54. The van der Waals surface area contributed by atoms with E-state index < -0.39 is 5.91 Å². The fraction of sp³-hybridized carbons (Fsp3) is 0.0556. The third kappa shape index (κ3) is 4.14. The summed E-state index contributed by atoms with van der Waals surface area (Å²) < 4.78 is 0. The molecule has 5 nitrogen and oxygen atoms in total. The van der Waals surface area contributed by atoms with Crippen LogP contribution in [0.4, 0.5) is 0 Å². The maximum absolute atomic E-state index is 12.4. The number of allylic oxidation sites excluding steroid dienone is 3. The summed E-state index contributed by atoms with van der Waals surface area (Å²) in [5.74, 6) is -0.883. The summed E-state index contributed by atoms with van der Waals surface area (Å²) >= 11 is 0. The van der Waals surface area contributed by atoms with Gasteiger partial charge in [-0.25, -0.2) is 0 Å². The molecule has 0 saturated carbocycles. The molecule has 0 unspecified atom stereocenters. The van der Waals surface area contributed by atoms with Gasteiger partial charge < -0.3 is 11.1 Å². The lowest BCUT2D eigenvalue weighted by molar-refractivity contribution is -0.114. The standard InChI is InChI=1S/C18H17N3O2/c1-3-6-15(9-12(2)17(19)22)21-18(23)14-10-13-7-4-5-8-16(13)20-11-14/h3-11H,1H2,2H3,(H2,19,22)(H,21,23)/b12-9+,15-6+. The van der Waals surface area contributed by atoms with Crippen molar-refractivity contribution in [3.63, 3.8) is 0 Å². The maximum Gasteiger partial charge on any atom is 0.257 e. The van der Waals surface area contributed by atoms with Crippen molar-refractivity contribution in [2.45, 2.75) is 6.92 Å². The van der Waals surface area contributed by atoms with Crippen molar-refractivity contribution in [2.24, 2.45) is 5.73 Å². The zero-order valence-corrected chi connectivity index (χ0v) is 12.7. The van der Waals surface area contributed by atoms with Crippen molar-refractivity contribution in [1.82, 2.24) is 10.3 Å².